The zero-order valence-corrected chi connectivity index (χ0v) is 20.5. The summed E-state index contributed by atoms with van der Waals surface area (Å²) in [4.78, 5) is 89.7. The minimum Gasteiger partial charge on any atom is -0.756 e. The lowest BCUT2D eigenvalue weighted by molar-refractivity contribution is -0.258. The molecule has 1 rings (SSSR count). The van der Waals surface area contributed by atoms with Gasteiger partial charge in [-0.15, -0.1) is 0 Å². The number of rotatable bonds is 0. The molecule has 0 aromatic heterocycles. The summed E-state index contributed by atoms with van der Waals surface area (Å²) in [5.41, 5.74) is 0. The van der Waals surface area contributed by atoms with E-state index in [4.69, 9.17) is 0 Å². The Kier molecular flexibility index (Phi) is 9.35. The second-order valence-corrected chi connectivity index (χ2v) is 16.6. The zero-order valence-electron chi connectivity index (χ0n) is 13.4. The molecule has 0 saturated carbocycles. The lowest BCUT2D eigenvalue weighted by Crippen LogP contribution is -2.21. The first-order chi connectivity index (χ1) is 13.7. The third kappa shape index (κ3) is 11.8. The first kappa shape index (κ1) is 31.2. The fraction of sp³-hybridized carbons (Fsp3) is 0. The maximum Gasteiger partial charge on any atom is 0.280 e. The van der Waals surface area contributed by atoms with E-state index in [-0.39, 0.29) is 0 Å². The average molecular weight is 632 g/mol. The molecule has 0 radical (unpaired) electrons. The van der Waals surface area contributed by atoms with Gasteiger partial charge in [0.2, 0.25) is 0 Å². The van der Waals surface area contributed by atoms with E-state index >= 15 is 0 Å². The van der Waals surface area contributed by atoms with Gasteiger partial charge in [0, 0.05) is 0 Å². The van der Waals surface area contributed by atoms with Gasteiger partial charge >= 0.3 is 0 Å². The second-order valence-electron chi connectivity index (χ2n) is 4.23. The van der Waals surface area contributed by atoms with E-state index in [2.05, 4.69) is 34.5 Å². The quantitative estimate of drug-likeness (QED) is 0.229. The number of phosphoric acid groups is 8. The van der Waals surface area contributed by atoms with Gasteiger partial charge in [0.15, 0.2) is 0 Å². The van der Waals surface area contributed by atoms with Crippen LogP contribution >= 0.6 is 62.6 Å². The average Bonchev–Trinajstić information content (AvgIpc) is 2.21. The monoisotopic (exact) mass is 632 g/mol. The Labute approximate surface area is 173 Å². The van der Waals surface area contributed by atoms with Gasteiger partial charge in [0.25, 0.3) is 62.6 Å². The first-order valence-electron chi connectivity index (χ1n) is 5.84. The van der Waals surface area contributed by atoms with E-state index in [0.29, 0.717) is 0 Å². The molecular weight excluding hydrogens is 632 g/mol. The molecule has 0 atom stereocenters. The third-order valence-corrected chi connectivity index (χ3v) is 14.4. The van der Waals surface area contributed by atoms with Crippen LogP contribution in [0.1, 0.15) is 0 Å². The van der Waals surface area contributed by atoms with E-state index < -0.39 is 62.6 Å². The van der Waals surface area contributed by atoms with Gasteiger partial charge in [-0.05, 0) is 0 Å². The summed E-state index contributed by atoms with van der Waals surface area (Å²) >= 11 is 0. The number of hydrogen-bond acceptors (Lipinski definition) is 24. The predicted octanol–water partition coefficient (Wildman–Crippen LogP) is -4.12. The zero-order chi connectivity index (χ0) is 25.7. The summed E-state index contributed by atoms with van der Waals surface area (Å²) in [5, 5.41) is 0. The lowest BCUT2D eigenvalue weighted by Gasteiger charge is -2.41. The van der Waals surface area contributed by atoms with Gasteiger partial charge in [-0.2, -0.15) is 0 Å². The van der Waals surface area contributed by atoms with Crippen molar-refractivity contribution in [2.45, 2.75) is 0 Å². The lowest BCUT2D eigenvalue weighted by atomic mass is 15.7. The molecule has 0 spiro atoms. The highest BCUT2D eigenvalue weighted by atomic mass is 31.3. The molecule has 192 valence electrons. The first-order valence-corrected chi connectivity index (χ1v) is 17.5. The van der Waals surface area contributed by atoms with Crippen LogP contribution in [0.4, 0.5) is 0 Å². The Balaban J connectivity index is 3.53. The van der Waals surface area contributed by atoms with Gasteiger partial charge in [-0.1, -0.05) is 0 Å². The Hall–Kier alpha value is 1.20. The topological polar surface area (TPSA) is 395 Å². The fourth-order valence-electron chi connectivity index (χ4n) is 1.10. The van der Waals surface area contributed by atoms with Crippen molar-refractivity contribution >= 4 is 62.6 Å². The van der Waals surface area contributed by atoms with Gasteiger partial charge in [-0.3, -0.25) is 36.5 Å². The predicted molar refractivity (Wildman–Crippen MR) is 69.5 cm³/mol. The van der Waals surface area contributed by atoms with Crippen LogP contribution in [0, 0.1) is 0 Å². The molecule has 0 bridgehead atoms. The highest BCUT2D eigenvalue weighted by molar-refractivity contribution is 7.74. The second kappa shape index (κ2) is 9.58. The highest BCUT2D eigenvalue weighted by Gasteiger charge is 2.36. The highest BCUT2D eigenvalue weighted by Crippen LogP contribution is 2.75. The molecule has 32 heteroatoms. The van der Waals surface area contributed by atoms with Crippen molar-refractivity contribution in [3.05, 3.63) is 0 Å². The summed E-state index contributed by atoms with van der Waals surface area (Å²) in [6.07, 6.45) is 0. The summed E-state index contributed by atoms with van der Waals surface area (Å²) < 4.78 is 112. The summed E-state index contributed by atoms with van der Waals surface area (Å²) in [5.74, 6) is 0. The van der Waals surface area contributed by atoms with Crippen molar-refractivity contribution in [1.82, 2.24) is 0 Å². The van der Waals surface area contributed by atoms with Crippen LogP contribution in [0.25, 0.3) is 0 Å². The summed E-state index contributed by atoms with van der Waals surface area (Å²) in [7, 11) is -55.7. The van der Waals surface area contributed by atoms with Crippen LogP contribution < -0.4 is 39.1 Å². The molecule has 24 nitrogen and oxygen atoms in total. The molecule has 0 aromatic rings. The van der Waals surface area contributed by atoms with E-state index in [1.807, 2.05) is 0 Å². The molecule has 0 N–H and O–H groups in total. The molecule has 0 aromatic carbocycles. The van der Waals surface area contributed by atoms with Gasteiger partial charge in [-0.25, -0.2) is 34.5 Å². The van der Waals surface area contributed by atoms with Crippen molar-refractivity contribution in [2.75, 3.05) is 0 Å². The van der Waals surface area contributed by atoms with Crippen LogP contribution in [0.5, 0.6) is 0 Å². The minimum atomic E-state index is -6.96. The van der Waals surface area contributed by atoms with E-state index in [0.717, 1.165) is 0 Å². The molecule has 0 aliphatic carbocycles. The largest absolute Gasteiger partial charge is 0.756 e. The van der Waals surface area contributed by atoms with E-state index in [1.165, 1.54) is 0 Å². The van der Waals surface area contributed by atoms with E-state index in [1.54, 1.807) is 0 Å². The maximum absolute atomic E-state index is 11.2. The minimum absolute atomic E-state index is 2.84. The number of hydrogen-bond donors (Lipinski definition) is 0. The Morgan fingerprint density at radius 2 is 0.312 bits per heavy atom. The van der Waals surface area contributed by atoms with Crippen LogP contribution in [0.2, 0.25) is 0 Å². The molecule has 1 fully saturated rings. The third-order valence-electron chi connectivity index (χ3n) is 1.60. The Morgan fingerprint density at radius 1 is 0.250 bits per heavy atom. The molecule has 0 amide bonds. The van der Waals surface area contributed by atoms with Gasteiger partial charge < -0.3 is 39.1 Å². The van der Waals surface area contributed by atoms with Crippen LogP contribution in [-0.4, -0.2) is 0 Å². The van der Waals surface area contributed by atoms with Crippen molar-refractivity contribution < 1.29 is 110 Å². The molecule has 0 unspecified atom stereocenters. The van der Waals surface area contributed by atoms with Crippen molar-refractivity contribution in [1.29, 1.82) is 0 Å². The van der Waals surface area contributed by atoms with Crippen molar-refractivity contribution in [3.63, 3.8) is 0 Å². The molecule has 1 heterocycles. The van der Waals surface area contributed by atoms with Crippen molar-refractivity contribution in [2.24, 2.45) is 0 Å². The van der Waals surface area contributed by atoms with Gasteiger partial charge in [0.1, 0.15) is 0 Å². The Bertz CT molecular complexity index is 803. The smallest absolute Gasteiger partial charge is 0.280 e. The van der Waals surface area contributed by atoms with Crippen LogP contribution in [-0.2, 0) is 71.0 Å². The molecule has 1 aliphatic heterocycles. The normalized spacial score (nSPS) is 55.2. The summed E-state index contributed by atoms with van der Waals surface area (Å²) in [6.45, 7) is 0. The van der Waals surface area contributed by atoms with Crippen LogP contribution in [0.3, 0.4) is 0 Å². The molecule has 32 heavy (non-hydrogen) atoms. The SMILES string of the molecule is O=P1([O-])OP(=O)([O-])OP(=O)([O-])OP(=O)([O-])OP(=O)([O-])OP(=O)([O-])OP(=O)([O-])OP(=O)([O-])O1. The molecular formula is O24P8-8. The standard InChI is InChI=1S/H8O24P8/c1-25(2)17-26(3,4)19-28(7,8)21-30(11,12)23-32(15,16)24-31(13,14)22-29(9,10)20-27(5,6)18-25/h(H,1,2)(H,3,4)(H,5,6)(H,7,8)(H,9,10)(H,11,12)(H,13,14)(H,15,16)/p-8. The maximum atomic E-state index is 11.2. The van der Waals surface area contributed by atoms with Crippen LogP contribution in [0.15, 0.2) is 0 Å². The van der Waals surface area contributed by atoms with Crippen molar-refractivity contribution in [3.8, 4) is 0 Å². The fourth-order valence-corrected chi connectivity index (χ4v) is 12.0. The van der Waals surface area contributed by atoms with Gasteiger partial charge in [0.05, 0.1) is 0 Å². The molecule has 1 saturated heterocycles. The Morgan fingerprint density at radius 3 is 0.375 bits per heavy atom. The summed E-state index contributed by atoms with van der Waals surface area (Å²) in [6, 6.07) is 0. The molecule has 1 aliphatic rings. The van der Waals surface area contributed by atoms with E-state index in [9.17, 15) is 75.7 Å².